The van der Waals surface area contributed by atoms with Gasteiger partial charge in [0.2, 0.25) is 23.6 Å². The van der Waals surface area contributed by atoms with E-state index >= 15 is 0 Å². The first-order valence-corrected chi connectivity index (χ1v) is 13.9. The number of amides is 4. The highest BCUT2D eigenvalue weighted by Crippen LogP contribution is 2.65. The third-order valence-electron chi connectivity index (χ3n) is 9.29. The van der Waals surface area contributed by atoms with Crippen molar-refractivity contribution in [3.63, 3.8) is 0 Å². The summed E-state index contributed by atoms with van der Waals surface area (Å²) in [6.45, 7) is 11.1. The topological polar surface area (TPSA) is 131 Å². The van der Waals surface area contributed by atoms with E-state index in [0.717, 1.165) is 32.1 Å². The van der Waals surface area contributed by atoms with Crippen molar-refractivity contribution in [2.75, 3.05) is 13.1 Å². The van der Waals surface area contributed by atoms with Crippen LogP contribution in [-0.2, 0) is 19.2 Å². The van der Waals surface area contributed by atoms with Crippen molar-refractivity contribution in [3.05, 3.63) is 0 Å². The van der Waals surface area contributed by atoms with Gasteiger partial charge >= 0.3 is 0 Å². The van der Waals surface area contributed by atoms with Gasteiger partial charge in [-0.3, -0.25) is 19.2 Å². The number of nitrogens with one attached hydrogen (secondary N) is 3. The van der Waals surface area contributed by atoms with Gasteiger partial charge in [-0.1, -0.05) is 53.9 Å². The predicted molar refractivity (Wildman–Crippen MR) is 138 cm³/mol. The third-order valence-corrected chi connectivity index (χ3v) is 9.29. The molecule has 0 radical (unpaired) electrons. The Kier molecular flexibility index (Phi) is 7.60. The number of carbonyl (C=O) groups is 4. The fraction of sp³-hybridized carbons (Fsp3) is 0.821. The lowest BCUT2D eigenvalue weighted by Gasteiger charge is -2.38. The molecule has 4 fully saturated rings. The molecule has 0 aromatic rings. The minimum atomic E-state index is -0.802. The van der Waals surface area contributed by atoms with Gasteiger partial charge in [-0.05, 0) is 48.3 Å². The van der Waals surface area contributed by atoms with Gasteiger partial charge in [0.15, 0.2) is 0 Å². The van der Waals surface area contributed by atoms with E-state index in [9.17, 15) is 24.4 Å². The molecule has 2 aliphatic carbocycles. The molecule has 0 spiro atoms. The Balaban J connectivity index is 1.50. The molecule has 9 heteroatoms. The van der Waals surface area contributed by atoms with Crippen LogP contribution in [0.4, 0.5) is 0 Å². The van der Waals surface area contributed by atoms with E-state index in [2.05, 4.69) is 35.9 Å². The van der Waals surface area contributed by atoms with Crippen LogP contribution in [-0.4, -0.2) is 59.7 Å². The molecule has 2 heterocycles. The van der Waals surface area contributed by atoms with Gasteiger partial charge in [0.05, 0.1) is 6.07 Å². The van der Waals surface area contributed by atoms with E-state index < -0.39 is 23.5 Å². The second kappa shape index (κ2) is 10.3. The van der Waals surface area contributed by atoms with Gasteiger partial charge < -0.3 is 20.9 Å². The third kappa shape index (κ3) is 5.49. The summed E-state index contributed by atoms with van der Waals surface area (Å²) in [7, 11) is 0. The summed E-state index contributed by atoms with van der Waals surface area (Å²) in [5.74, 6) is -0.901. The number of rotatable bonds is 7. The Morgan fingerprint density at radius 1 is 1.11 bits per heavy atom. The molecule has 2 aliphatic heterocycles. The van der Waals surface area contributed by atoms with Crippen molar-refractivity contribution in [1.29, 1.82) is 5.26 Å². The molecule has 9 nitrogen and oxygen atoms in total. The normalized spacial score (nSPS) is 30.5. The van der Waals surface area contributed by atoms with Gasteiger partial charge in [0.25, 0.3) is 0 Å². The molecule has 0 bridgehead atoms. The van der Waals surface area contributed by atoms with Crippen LogP contribution < -0.4 is 16.0 Å². The Bertz CT molecular complexity index is 974. The molecule has 4 aliphatic rings. The van der Waals surface area contributed by atoms with Crippen LogP contribution in [0.15, 0.2) is 0 Å². The van der Waals surface area contributed by atoms with Crippen LogP contribution in [0.1, 0.15) is 79.6 Å². The maximum atomic E-state index is 14.0. The number of piperidine rings is 1. The van der Waals surface area contributed by atoms with E-state index in [1.165, 1.54) is 0 Å². The van der Waals surface area contributed by atoms with Crippen LogP contribution >= 0.6 is 0 Å². The second-order valence-corrected chi connectivity index (χ2v) is 13.2. The molecular formula is C28H43N5O4. The van der Waals surface area contributed by atoms with Crippen molar-refractivity contribution in [3.8, 4) is 6.07 Å². The summed E-state index contributed by atoms with van der Waals surface area (Å²) in [4.78, 5) is 54.4. The lowest BCUT2D eigenvalue weighted by atomic mass is 9.83. The van der Waals surface area contributed by atoms with Gasteiger partial charge in [-0.25, -0.2) is 0 Å². The van der Waals surface area contributed by atoms with Gasteiger partial charge in [0.1, 0.15) is 18.1 Å². The van der Waals surface area contributed by atoms with Crippen LogP contribution in [0.5, 0.6) is 0 Å². The van der Waals surface area contributed by atoms with E-state index in [1.807, 2.05) is 20.8 Å². The summed E-state index contributed by atoms with van der Waals surface area (Å²) in [5.41, 5.74) is -0.607. The number of nitrogens with zero attached hydrogens (tertiary/aromatic N) is 2. The Labute approximate surface area is 220 Å². The molecule has 0 aromatic carbocycles. The van der Waals surface area contributed by atoms with Crippen molar-refractivity contribution >= 4 is 23.6 Å². The van der Waals surface area contributed by atoms with Gasteiger partial charge in [0, 0.05) is 24.9 Å². The number of hydrogen-bond donors (Lipinski definition) is 3. The first-order valence-electron chi connectivity index (χ1n) is 13.9. The molecule has 2 saturated heterocycles. The standard InChI is InChI=1S/C28H43N5O4/c1-27(2,3)22(32-24(35)16-9-7-6-8-10-16)26(37)33-15-19-20(28(19,4)5)21(33)25(36)31-18(14-29)13-17-11-12-30-23(17)34/h16-22H,6-13,15H2,1-5H3,(H,30,34)(H,31,36)(H,32,35)/t17-,18-,19?,20?,21-,22?/m0/s1. The molecule has 0 aromatic heterocycles. The Morgan fingerprint density at radius 3 is 2.35 bits per heavy atom. The van der Waals surface area contributed by atoms with Crippen LogP contribution in [0, 0.1) is 45.8 Å². The first-order chi connectivity index (χ1) is 17.4. The summed E-state index contributed by atoms with van der Waals surface area (Å²) in [6, 6.07) is -0.109. The van der Waals surface area contributed by atoms with Crippen molar-refractivity contribution in [2.24, 2.45) is 34.5 Å². The molecule has 6 atom stereocenters. The molecule has 204 valence electrons. The smallest absolute Gasteiger partial charge is 0.246 e. The summed E-state index contributed by atoms with van der Waals surface area (Å²) in [6.07, 6.45) is 5.80. The number of fused-ring (bicyclic) bond motifs is 1. The molecule has 4 amide bonds. The highest BCUT2D eigenvalue weighted by molar-refractivity contribution is 5.94. The minimum absolute atomic E-state index is 0.000219. The highest BCUT2D eigenvalue weighted by atomic mass is 16.2. The van der Waals surface area contributed by atoms with Gasteiger partial charge in [-0.2, -0.15) is 5.26 Å². The quantitative estimate of drug-likeness (QED) is 0.480. The monoisotopic (exact) mass is 513 g/mol. The average molecular weight is 514 g/mol. The number of nitriles is 1. The average Bonchev–Trinajstić information content (AvgIpc) is 3.20. The molecule has 2 saturated carbocycles. The van der Waals surface area contributed by atoms with Gasteiger partial charge in [-0.15, -0.1) is 0 Å². The largest absolute Gasteiger partial charge is 0.356 e. The number of likely N-dealkylation sites (tertiary alicyclic amines) is 1. The number of hydrogen-bond acceptors (Lipinski definition) is 5. The molecule has 37 heavy (non-hydrogen) atoms. The zero-order chi connectivity index (χ0) is 27.1. The minimum Gasteiger partial charge on any atom is -0.356 e. The van der Waals surface area contributed by atoms with Crippen molar-refractivity contribution in [2.45, 2.75) is 97.7 Å². The molecule has 3 unspecified atom stereocenters. The Hall–Kier alpha value is -2.63. The zero-order valence-corrected chi connectivity index (χ0v) is 22.9. The van der Waals surface area contributed by atoms with Crippen molar-refractivity contribution < 1.29 is 19.2 Å². The highest BCUT2D eigenvalue weighted by Gasteiger charge is 2.69. The predicted octanol–water partition coefficient (Wildman–Crippen LogP) is 2.12. The first kappa shape index (κ1) is 27.4. The maximum absolute atomic E-state index is 14.0. The summed E-state index contributed by atoms with van der Waals surface area (Å²) < 4.78 is 0. The van der Waals surface area contributed by atoms with Crippen molar-refractivity contribution in [1.82, 2.24) is 20.9 Å². The SMILES string of the molecule is CC(C)(C)C(NC(=O)C1CCCCC1)C(=O)N1CC2C([C@H]1C(=O)N[C@H](C#N)C[C@@H]1CCNC1=O)C2(C)C. The number of carbonyl (C=O) groups excluding carboxylic acids is 4. The van der Waals surface area contributed by atoms with Crippen LogP contribution in [0.25, 0.3) is 0 Å². The summed E-state index contributed by atoms with van der Waals surface area (Å²) in [5, 5.41) is 18.4. The fourth-order valence-corrected chi connectivity index (χ4v) is 6.81. The lowest BCUT2D eigenvalue weighted by Crippen LogP contribution is -2.60. The summed E-state index contributed by atoms with van der Waals surface area (Å²) >= 11 is 0. The van der Waals surface area contributed by atoms with E-state index in [4.69, 9.17) is 0 Å². The second-order valence-electron chi connectivity index (χ2n) is 13.2. The molecular weight excluding hydrogens is 470 g/mol. The van der Waals surface area contributed by atoms with E-state index in [1.54, 1.807) is 4.90 Å². The van der Waals surface area contributed by atoms with E-state index in [-0.39, 0.29) is 59.1 Å². The molecule has 3 N–H and O–H groups in total. The van der Waals surface area contributed by atoms with Crippen LogP contribution in [0.3, 0.4) is 0 Å². The Morgan fingerprint density at radius 2 is 1.78 bits per heavy atom. The zero-order valence-electron chi connectivity index (χ0n) is 22.9. The molecule has 4 rings (SSSR count). The van der Waals surface area contributed by atoms with Crippen LogP contribution in [0.2, 0.25) is 0 Å². The fourth-order valence-electron chi connectivity index (χ4n) is 6.81. The lowest BCUT2D eigenvalue weighted by molar-refractivity contribution is -0.146. The van der Waals surface area contributed by atoms with E-state index in [0.29, 0.717) is 19.5 Å². The maximum Gasteiger partial charge on any atom is 0.246 e.